The van der Waals surface area contributed by atoms with Crippen LogP contribution in [0.1, 0.15) is 17.0 Å². The van der Waals surface area contributed by atoms with Gasteiger partial charge in [0.1, 0.15) is 17.3 Å². The van der Waals surface area contributed by atoms with Gasteiger partial charge in [-0.1, -0.05) is 18.2 Å². The van der Waals surface area contributed by atoms with Crippen LogP contribution >= 0.6 is 0 Å². The van der Waals surface area contributed by atoms with Gasteiger partial charge in [0.05, 0.1) is 19.1 Å². The summed E-state index contributed by atoms with van der Waals surface area (Å²) in [6.45, 7) is 1.35. The minimum absolute atomic E-state index is 0.177. The number of ether oxygens (including phenoxy) is 2. The molecule has 2 aromatic rings. The predicted octanol–water partition coefficient (Wildman–Crippen LogP) is 2.84. The Morgan fingerprint density at radius 3 is 2.95 bits per heavy atom. The summed E-state index contributed by atoms with van der Waals surface area (Å²) in [7, 11) is 0. The highest BCUT2D eigenvalue weighted by molar-refractivity contribution is 5.40. The molecule has 0 fully saturated rings. The van der Waals surface area contributed by atoms with Crippen LogP contribution in [-0.4, -0.2) is 13.2 Å². The molecule has 0 amide bonds. The molecular formula is C16H16FNO2. The highest BCUT2D eigenvalue weighted by Gasteiger charge is 2.24. The third-order valence-electron chi connectivity index (χ3n) is 3.42. The molecular weight excluding hydrogens is 257 g/mol. The van der Waals surface area contributed by atoms with E-state index in [0.29, 0.717) is 25.5 Å². The van der Waals surface area contributed by atoms with Crippen molar-refractivity contribution in [3.05, 3.63) is 59.4 Å². The molecule has 0 bridgehead atoms. The second-order valence-electron chi connectivity index (χ2n) is 4.86. The molecule has 4 heteroatoms. The summed E-state index contributed by atoms with van der Waals surface area (Å²) in [4.78, 5) is 0. The summed E-state index contributed by atoms with van der Waals surface area (Å²) in [5.41, 5.74) is 7.39. The van der Waals surface area contributed by atoms with Crippen molar-refractivity contribution in [3.63, 3.8) is 0 Å². The van der Waals surface area contributed by atoms with E-state index in [-0.39, 0.29) is 11.7 Å². The Labute approximate surface area is 117 Å². The molecule has 1 aliphatic heterocycles. The van der Waals surface area contributed by atoms with Gasteiger partial charge in [-0.2, -0.15) is 0 Å². The van der Waals surface area contributed by atoms with Crippen LogP contribution < -0.4 is 15.2 Å². The maximum absolute atomic E-state index is 13.4. The molecule has 0 saturated heterocycles. The first kappa shape index (κ1) is 12.9. The third kappa shape index (κ3) is 2.60. The number of hydrogen-bond donors (Lipinski definition) is 1. The molecule has 0 saturated carbocycles. The fourth-order valence-corrected chi connectivity index (χ4v) is 2.39. The van der Waals surface area contributed by atoms with Crippen LogP contribution in [0.3, 0.4) is 0 Å². The standard InChI is InChI=1S/C16H16FNO2/c17-13-5-11(8-18)6-14(7-13)19-9-12-10-20-16-4-2-1-3-15(12)16/h1-7,12H,8-10,18H2. The number of benzene rings is 2. The first-order valence-electron chi connectivity index (χ1n) is 6.60. The van der Waals surface area contributed by atoms with Crippen molar-refractivity contribution in [3.8, 4) is 11.5 Å². The summed E-state index contributed by atoms with van der Waals surface area (Å²) in [5, 5.41) is 0. The van der Waals surface area contributed by atoms with E-state index in [9.17, 15) is 4.39 Å². The molecule has 20 heavy (non-hydrogen) atoms. The van der Waals surface area contributed by atoms with Crippen LogP contribution in [0.15, 0.2) is 42.5 Å². The van der Waals surface area contributed by atoms with Crippen molar-refractivity contribution in [2.75, 3.05) is 13.2 Å². The second-order valence-corrected chi connectivity index (χ2v) is 4.86. The highest BCUT2D eigenvalue weighted by Crippen LogP contribution is 2.33. The minimum Gasteiger partial charge on any atom is -0.493 e. The summed E-state index contributed by atoms with van der Waals surface area (Å²) in [5.74, 6) is 1.26. The van der Waals surface area contributed by atoms with E-state index in [1.54, 1.807) is 6.07 Å². The smallest absolute Gasteiger partial charge is 0.127 e. The van der Waals surface area contributed by atoms with Gasteiger partial charge in [-0.3, -0.25) is 0 Å². The average Bonchev–Trinajstić information content (AvgIpc) is 2.88. The molecule has 3 nitrogen and oxygen atoms in total. The summed E-state index contributed by atoms with van der Waals surface area (Å²) < 4.78 is 24.7. The van der Waals surface area contributed by atoms with Crippen molar-refractivity contribution in [1.82, 2.24) is 0 Å². The van der Waals surface area contributed by atoms with Gasteiger partial charge >= 0.3 is 0 Å². The molecule has 1 heterocycles. The molecule has 1 aliphatic rings. The molecule has 0 spiro atoms. The van der Waals surface area contributed by atoms with E-state index in [1.165, 1.54) is 12.1 Å². The Morgan fingerprint density at radius 2 is 2.10 bits per heavy atom. The molecule has 2 aromatic carbocycles. The van der Waals surface area contributed by atoms with Gasteiger partial charge < -0.3 is 15.2 Å². The lowest BCUT2D eigenvalue weighted by molar-refractivity contribution is 0.247. The molecule has 104 valence electrons. The average molecular weight is 273 g/mol. The zero-order chi connectivity index (χ0) is 13.9. The number of hydrogen-bond acceptors (Lipinski definition) is 3. The molecule has 0 aliphatic carbocycles. The Balaban J connectivity index is 1.70. The van der Waals surface area contributed by atoms with E-state index in [1.807, 2.05) is 24.3 Å². The summed E-state index contributed by atoms with van der Waals surface area (Å²) in [6.07, 6.45) is 0. The van der Waals surface area contributed by atoms with Crippen molar-refractivity contribution in [2.24, 2.45) is 5.73 Å². The van der Waals surface area contributed by atoms with Gasteiger partial charge in [-0.15, -0.1) is 0 Å². The number of para-hydroxylation sites is 1. The highest BCUT2D eigenvalue weighted by atomic mass is 19.1. The first-order valence-corrected chi connectivity index (χ1v) is 6.60. The zero-order valence-electron chi connectivity index (χ0n) is 11.0. The fraction of sp³-hybridized carbons (Fsp3) is 0.250. The largest absolute Gasteiger partial charge is 0.493 e. The van der Waals surface area contributed by atoms with Crippen LogP contribution in [0, 0.1) is 5.82 Å². The SMILES string of the molecule is NCc1cc(F)cc(OCC2COc3ccccc32)c1. The molecule has 0 aromatic heterocycles. The van der Waals surface area contributed by atoms with E-state index < -0.39 is 0 Å². The number of halogens is 1. The normalized spacial score (nSPS) is 16.6. The van der Waals surface area contributed by atoms with E-state index >= 15 is 0 Å². The van der Waals surface area contributed by atoms with E-state index in [4.69, 9.17) is 15.2 Å². The van der Waals surface area contributed by atoms with Crippen molar-refractivity contribution >= 4 is 0 Å². The van der Waals surface area contributed by atoms with Crippen molar-refractivity contribution in [1.29, 1.82) is 0 Å². The summed E-state index contributed by atoms with van der Waals surface area (Å²) in [6, 6.07) is 12.5. The lowest BCUT2D eigenvalue weighted by Crippen LogP contribution is -2.12. The van der Waals surface area contributed by atoms with Gasteiger partial charge in [-0.05, 0) is 23.8 Å². The maximum atomic E-state index is 13.4. The number of nitrogens with two attached hydrogens (primary N) is 1. The lowest BCUT2D eigenvalue weighted by Gasteiger charge is -2.12. The monoisotopic (exact) mass is 273 g/mol. The van der Waals surface area contributed by atoms with Crippen LogP contribution in [0.5, 0.6) is 11.5 Å². The van der Waals surface area contributed by atoms with Gasteiger partial charge in [0, 0.05) is 18.2 Å². The van der Waals surface area contributed by atoms with Gasteiger partial charge in [0.15, 0.2) is 0 Å². The number of rotatable bonds is 4. The van der Waals surface area contributed by atoms with Gasteiger partial charge in [0.25, 0.3) is 0 Å². The predicted molar refractivity (Wildman–Crippen MR) is 74.5 cm³/mol. The van der Waals surface area contributed by atoms with Crippen LogP contribution in [0.25, 0.3) is 0 Å². The maximum Gasteiger partial charge on any atom is 0.127 e. The van der Waals surface area contributed by atoms with Crippen molar-refractivity contribution in [2.45, 2.75) is 12.5 Å². The van der Waals surface area contributed by atoms with E-state index in [0.717, 1.165) is 16.9 Å². The summed E-state index contributed by atoms with van der Waals surface area (Å²) >= 11 is 0. The second kappa shape index (κ2) is 5.51. The van der Waals surface area contributed by atoms with Gasteiger partial charge in [0.2, 0.25) is 0 Å². The quantitative estimate of drug-likeness (QED) is 0.931. The van der Waals surface area contributed by atoms with Crippen LogP contribution in [0.4, 0.5) is 4.39 Å². The van der Waals surface area contributed by atoms with Crippen LogP contribution in [-0.2, 0) is 6.54 Å². The molecule has 2 N–H and O–H groups in total. The molecule has 1 unspecified atom stereocenters. The molecule has 3 rings (SSSR count). The van der Waals surface area contributed by atoms with Crippen LogP contribution in [0.2, 0.25) is 0 Å². The lowest BCUT2D eigenvalue weighted by atomic mass is 10.0. The fourth-order valence-electron chi connectivity index (χ4n) is 2.39. The van der Waals surface area contributed by atoms with E-state index in [2.05, 4.69) is 0 Å². The Morgan fingerprint density at radius 1 is 1.25 bits per heavy atom. The molecule has 1 atom stereocenters. The molecule has 0 radical (unpaired) electrons. The van der Waals surface area contributed by atoms with Gasteiger partial charge in [-0.25, -0.2) is 4.39 Å². The Hall–Kier alpha value is -2.07. The first-order chi connectivity index (χ1) is 9.76. The Bertz CT molecular complexity index is 615. The van der Waals surface area contributed by atoms with Crippen molar-refractivity contribution < 1.29 is 13.9 Å². The topological polar surface area (TPSA) is 44.5 Å². The number of fused-ring (bicyclic) bond motifs is 1. The minimum atomic E-state index is -0.328. The zero-order valence-corrected chi connectivity index (χ0v) is 11.0. The third-order valence-corrected chi connectivity index (χ3v) is 3.42. The Kier molecular flexibility index (Phi) is 3.56.